The van der Waals surface area contributed by atoms with Crippen molar-refractivity contribution in [1.29, 1.82) is 0 Å². The van der Waals surface area contributed by atoms with Crippen molar-refractivity contribution in [1.82, 2.24) is 0 Å². The van der Waals surface area contributed by atoms with Crippen molar-refractivity contribution in [3.05, 3.63) is 82.9 Å². The third-order valence-corrected chi connectivity index (χ3v) is 5.79. The highest BCUT2D eigenvalue weighted by Gasteiger charge is 2.22. The second kappa shape index (κ2) is 8.55. The Labute approximate surface area is 174 Å². The van der Waals surface area contributed by atoms with Crippen LogP contribution in [0.1, 0.15) is 15.9 Å². The number of aryl methyl sites for hydroxylation is 1. The van der Waals surface area contributed by atoms with Gasteiger partial charge in [0.25, 0.3) is 10.0 Å². The molecule has 3 aromatic carbocycles. The number of nitrogens with one attached hydrogen (secondary N) is 2. The highest BCUT2D eigenvalue weighted by Crippen LogP contribution is 2.29. The molecule has 8 heteroatoms. The van der Waals surface area contributed by atoms with Crippen LogP contribution in [0.2, 0.25) is 5.02 Å². The first kappa shape index (κ1) is 20.7. The first-order valence-electron chi connectivity index (χ1n) is 8.63. The number of ether oxygens (including phenoxy) is 1. The molecule has 0 saturated carbocycles. The zero-order chi connectivity index (χ0) is 21.0. The van der Waals surface area contributed by atoms with Crippen LogP contribution in [-0.4, -0.2) is 21.5 Å². The summed E-state index contributed by atoms with van der Waals surface area (Å²) in [4.78, 5) is 11.8. The van der Waals surface area contributed by atoms with Gasteiger partial charge >= 0.3 is 5.97 Å². The van der Waals surface area contributed by atoms with Gasteiger partial charge < -0.3 is 10.1 Å². The Bertz CT molecular complexity index is 1130. The predicted molar refractivity (Wildman–Crippen MR) is 115 cm³/mol. The second-order valence-corrected chi connectivity index (χ2v) is 8.39. The molecule has 150 valence electrons. The fourth-order valence-electron chi connectivity index (χ4n) is 2.61. The average Bonchev–Trinajstić information content (AvgIpc) is 2.71. The summed E-state index contributed by atoms with van der Waals surface area (Å²) in [5.41, 5.74) is 2.49. The van der Waals surface area contributed by atoms with Crippen molar-refractivity contribution in [2.45, 2.75) is 11.8 Å². The Balaban J connectivity index is 2.03. The van der Waals surface area contributed by atoms with Gasteiger partial charge in [-0.05, 0) is 61.5 Å². The number of anilines is 3. The van der Waals surface area contributed by atoms with Gasteiger partial charge in [-0.25, -0.2) is 13.2 Å². The van der Waals surface area contributed by atoms with Gasteiger partial charge in [0.1, 0.15) is 4.90 Å². The minimum Gasteiger partial charge on any atom is -0.465 e. The lowest BCUT2D eigenvalue weighted by Crippen LogP contribution is -2.16. The summed E-state index contributed by atoms with van der Waals surface area (Å²) in [6.45, 7) is 1.91. The molecule has 0 fully saturated rings. The van der Waals surface area contributed by atoms with E-state index >= 15 is 0 Å². The normalized spacial score (nSPS) is 11.0. The zero-order valence-corrected chi connectivity index (χ0v) is 17.3. The minimum absolute atomic E-state index is 0.0871. The van der Waals surface area contributed by atoms with E-state index in [-0.39, 0.29) is 10.5 Å². The molecule has 0 aliphatic rings. The number of esters is 1. The number of halogens is 1. The smallest absolute Gasteiger partial charge is 0.337 e. The molecule has 0 atom stereocenters. The number of rotatable bonds is 6. The Hall–Kier alpha value is -3.03. The first-order valence-corrected chi connectivity index (χ1v) is 10.5. The molecule has 6 nitrogen and oxygen atoms in total. The molecular weight excluding hydrogens is 412 g/mol. The van der Waals surface area contributed by atoms with Crippen molar-refractivity contribution >= 4 is 44.7 Å². The molecule has 0 heterocycles. The highest BCUT2D eigenvalue weighted by atomic mass is 35.5. The number of carbonyl (C=O) groups is 1. The number of benzene rings is 3. The molecule has 0 aliphatic carbocycles. The summed E-state index contributed by atoms with van der Waals surface area (Å²) in [6.07, 6.45) is 0. The summed E-state index contributed by atoms with van der Waals surface area (Å²) in [6, 6.07) is 18.1. The monoisotopic (exact) mass is 430 g/mol. The van der Waals surface area contributed by atoms with Gasteiger partial charge in [0.05, 0.1) is 18.4 Å². The van der Waals surface area contributed by atoms with Crippen LogP contribution < -0.4 is 10.0 Å². The molecule has 0 spiro atoms. The maximum Gasteiger partial charge on any atom is 0.337 e. The largest absolute Gasteiger partial charge is 0.465 e. The standard InChI is InChI=1S/C21H19ClN2O4S/c1-14-3-8-18(9-4-14)24-29(26,27)20-13-15(21(25)28-2)5-12-19(20)23-17-10-6-16(22)7-11-17/h3-13,23-24H,1-2H3. The topological polar surface area (TPSA) is 84.5 Å². The van der Waals surface area contributed by atoms with Crippen molar-refractivity contribution in [3.63, 3.8) is 0 Å². The summed E-state index contributed by atoms with van der Waals surface area (Å²) >= 11 is 5.91. The van der Waals surface area contributed by atoms with E-state index in [1.165, 1.54) is 25.3 Å². The Morgan fingerprint density at radius 1 is 0.931 bits per heavy atom. The Morgan fingerprint density at radius 2 is 1.55 bits per heavy atom. The van der Waals surface area contributed by atoms with Crippen LogP contribution in [0, 0.1) is 6.92 Å². The van der Waals surface area contributed by atoms with E-state index in [1.807, 2.05) is 6.92 Å². The minimum atomic E-state index is -4.00. The van der Waals surface area contributed by atoms with E-state index in [4.69, 9.17) is 16.3 Å². The van der Waals surface area contributed by atoms with E-state index in [1.54, 1.807) is 48.5 Å². The zero-order valence-electron chi connectivity index (χ0n) is 15.8. The molecule has 3 aromatic rings. The fourth-order valence-corrected chi connectivity index (χ4v) is 3.99. The van der Waals surface area contributed by atoms with Crippen molar-refractivity contribution in [3.8, 4) is 0 Å². The average molecular weight is 431 g/mol. The highest BCUT2D eigenvalue weighted by molar-refractivity contribution is 7.92. The van der Waals surface area contributed by atoms with Gasteiger partial charge in [-0.15, -0.1) is 0 Å². The van der Waals surface area contributed by atoms with Crippen LogP contribution in [0.3, 0.4) is 0 Å². The molecular formula is C21H19ClN2O4S. The molecule has 0 amide bonds. The lowest BCUT2D eigenvalue weighted by atomic mass is 10.2. The molecule has 0 aliphatic heterocycles. The van der Waals surface area contributed by atoms with Gasteiger partial charge in [-0.1, -0.05) is 29.3 Å². The summed E-state index contributed by atoms with van der Waals surface area (Å²) in [7, 11) is -2.76. The molecule has 0 radical (unpaired) electrons. The second-order valence-electron chi connectivity index (χ2n) is 6.31. The molecule has 3 rings (SSSR count). The van der Waals surface area contributed by atoms with Gasteiger partial charge in [-0.2, -0.15) is 0 Å². The quantitative estimate of drug-likeness (QED) is 0.539. The maximum atomic E-state index is 13.1. The van der Waals surface area contributed by atoms with E-state index < -0.39 is 16.0 Å². The lowest BCUT2D eigenvalue weighted by molar-refractivity contribution is 0.0600. The van der Waals surface area contributed by atoms with Crippen molar-refractivity contribution < 1.29 is 17.9 Å². The van der Waals surface area contributed by atoms with Crippen LogP contribution in [0.4, 0.5) is 17.1 Å². The lowest BCUT2D eigenvalue weighted by Gasteiger charge is -2.15. The number of hydrogen-bond donors (Lipinski definition) is 2. The summed E-state index contributed by atoms with van der Waals surface area (Å²) in [5, 5.41) is 3.62. The third-order valence-electron chi connectivity index (χ3n) is 4.12. The molecule has 2 N–H and O–H groups in total. The van der Waals surface area contributed by atoms with E-state index in [2.05, 4.69) is 10.0 Å². The van der Waals surface area contributed by atoms with Crippen molar-refractivity contribution in [2.24, 2.45) is 0 Å². The van der Waals surface area contributed by atoms with Crippen LogP contribution in [0.25, 0.3) is 0 Å². The molecule has 0 unspecified atom stereocenters. The molecule has 0 bridgehead atoms. The van der Waals surface area contributed by atoms with Gasteiger partial charge in [0.15, 0.2) is 0 Å². The molecule has 0 aromatic heterocycles. The first-order chi connectivity index (χ1) is 13.8. The number of hydrogen-bond acceptors (Lipinski definition) is 5. The van der Waals surface area contributed by atoms with E-state index in [0.29, 0.717) is 22.1 Å². The Kier molecular flexibility index (Phi) is 6.10. The van der Waals surface area contributed by atoms with Crippen LogP contribution in [-0.2, 0) is 14.8 Å². The third kappa shape index (κ3) is 5.07. The van der Waals surface area contributed by atoms with E-state index in [9.17, 15) is 13.2 Å². The molecule has 29 heavy (non-hydrogen) atoms. The number of carbonyl (C=O) groups excluding carboxylic acids is 1. The van der Waals surface area contributed by atoms with Gasteiger partial charge in [0.2, 0.25) is 0 Å². The number of methoxy groups -OCH3 is 1. The van der Waals surface area contributed by atoms with Gasteiger partial charge in [0, 0.05) is 16.4 Å². The van der Waals surface area contributed by atoms with E-state index in [0.717, 1.165) is 5.56 Å². The Morgan fingerprint density at radius 3 is 2.17 bits per heavy atom. The maximum absolute atomic E-state index is 13.1. The van der Waals surface area contributed by atoms with Crippen LogP contribution >= 0.6 is 11.6 Å². The predicted octanol–water partition coefficient (Wildman–Crippen LogP) is 4.98. The summed E-state index contributed by atoms with van der Waals surface area (Å²) < 4.78 is 33.4. The van der Waals surface area contributed by atoms with Crippen LogP contribution in [0.15, 0.2) is 71.6 Å². The number of sulfonamides is 1. The van der Waals surface area contributed by atoms with Gasteiger partial charge in [-0.3, -0.25) is 4.72 Å². The van der Waals surface area contributed by atoms with Crippen molar-refractivity contribution in [2.75, 3.05) is 17.1 Å². The summed E-state index contributed by atoms with van der Waals surface area (Å²) in [5.74, 6) is -0.630. The SMILES string of the molecule is COC(=O)c1ccc(Nc2ccc(Cl)cc2)c(S(=O)(=O)Nc2ccc(C)cc2)c1. The van der Waals surface area contributed by atoms with Crippen LogP contribution in [0.5, 0.6) is 0 Å². The fraction of sp³-hybridized carbons (Fsp3) is 0.0952. The molecule has 0 saturated heterocycles.